The molecule has 158 valence electrons. The summed E-state index contributed by atoms with van der Waals surface area (Å²) in [5, 5.41) is 17.7. The van der Waals surface area contributed by atoms with E-state index in [1.807, 2.05) is 18.2 Å². The van der Waals surface area contributed by atoms with Gasteiger partial charge in [0.1, 0.15) is 6.54 Å². The van der Waals surface area contributed by atoms with Gasteiger partial charge >= 0.3 is 0 Å². The van der Waals surface area contributed by atoms with Crippen LogP contribution in [0.3, 0.4) is 0 Å². The third-order valence-corrected chi connectivity index (χ3v) is 6.96. The lowest BCUT2D eigenvalue weighted by molar-refractivity contribution is -0.907. The zero-order chi connectivity index (χ0) is 21.0. The number of fused-ring (bicyclic) bond motifs is 7. The molecule has 5 rings (SSSR count). The normalized spacial score (nSPS) is 22.6. The van der Waals surface area contributed by atoms with Crippen LogP contribution in [0.25, 0.3) is 21.5 Å². The van der Waals surface area contributed by atoms with E-state index in [-0.39, 0.29) is 10.7 Å². The molecule has 3 aromatic carbocycles. The number of nitrogens with zero attached hydrogens (tertiary/aromatic N) is 1. The van der Waals surface area contributed by atoms with Crippen molar-refractivity contribution in [3.8, 4) is 23.0 Å². The Labute approximate surface area is 176 Å². The van der Waals surface area contributed by atoms with Gasteiger partial charge in [-0.05, 0) is 39.9 Å². The summed E-state index contributed by atoms with van der Waals surface area (Å²) < 4.78 is 22.5. The number of hydroxylamine groups is 3. The van der Waals surface area contributed by atoms with Crippen LogP contribution in [-0.4, -0.2) is 45.7 Å². The molecule has 2 unspecified atom stereocenters. The van der Waals surface area contributed by atoms with Crippen molar-refractivity contribution >= 4 is 21.5 Å². The second kappa shape index (κ2) is 6.93. The second-order valence-corrected chi connectivity index (χ2v) is 8.27. The molecule has 2 aliphatic rings. The molecule has 0 N–H and O–H groups in total. The van der Waals surface area contributed by atoms with Gasteiger partial charge in [-0.1, -0.05) is 6.07 Å². The van der Waals surface area contributed by atoms with Gasteiger partial charge in [-0.15, -0.1) is 0 Å². The predicted octanol–water partition coefficient (Wildman–Crippen LogP) is 4.56. The minimum atomic E-state index is -0.116. The summed E-state index contributed by atoms with van der Waals surface area (Å²) in [5.74, 6) is 2.70. The lowest BCUT2D eigenvalue weighted by Crippen LogP contribution is -2.49. The molecule has 0 amide bonds. The van der Waals surface area contributed by atoms with Gasteiger partial charge in [-0.25, -0.2) is 0 Å². The molecule has 2 aliphatic heterocycles. The van der Waals surface area contributed by atoms with Crippen LogP contribution in [0.2, 0.25) is 0 Å². The Morgan fingerprint density at radius 2 is 1.53 bits per heavy atom. The summed E-state index contributed by atoms with van der Waals surface area (Å²) >= 11 is 0. The highest BCUT2D eigenvalue weighted by Gasteiger charge is 2.41. The van der Waals surface area contributed by atoms with Crippen molar-refractivity contribution in [1.29, 1.82) is 0 Å². The molecule has 0 bridgehead atoms. The molecule has 1 fully saturated rings. The van der Waals surface area contributed by atoms with Crippen LogP contribution in [0.1, 0.15) is 24.0 Å². The minimum Gasteiger partial charge on any atom is -0.632 e. The van der Waals surface area contributed by atoms with Crippen molar-refractivity contribution < 1.29 is 23.6 Å². The van der Waals surface area contributed by atoms with E-state index in [4.69, 9.17) is 18.9 Å². The van der Waals surface area contributed by atoms with Crippen LogP contribution < -0.4 is 18.9 Å². The molecular weight excluding hydrogens is 382 g/mol. The number of ether oxygens (including phenoxy) is 4. The predicted molar refractivity (Wildman–Crippen MR) is 117 cm³/mol. The van der Waals surface area contributed by atoms with Crippen molar-refractivity contribution in [1.82, 2.24) is 0 Å². The fourth-order valence-electron chi connectivity index (χ4n) is 5.51. The molecule has 0 aromatic heterocycles. The highest BCUT2D eigenvalue weighted by atomic mass is 16.5. The lowest BCUT2D eigenvalue weighted by Gasteiger charge is -2.48. The first kappa shape index (κ1) is 19.3. The Morgan fingerprint density at radius 3 is 2.20 bits per heavy atom. The number of quaternary nitrogens is 1. The van der Waals surface area contributed by atoms with E-state index < -0.39 is 0 Å². The molecule has 0 radical (unpaired) electrons. The first-order chi connectivity index (χ1) is 14.5. The van der Waals surface area contributed by atoms with E-state index in [1.54, 1.807) is 28.4 Å². The van der Waals surface area contributed by atoms with Gasteiger partial charge in [-0.2, -0.15) is 0 Å². The first-order valence-electron chi connectivity index (χ1n) is 10.4. The SMILES string of the molecule is COc1cc2c3c(c4ccc(OC)c(OC)c4c2cc1OC)CC1CCC[N+]1([O-])C3. The average molecular weight is 409 g/mol. The van der Waals surface area contributed by atoms with Crippen molar-refractivity contribution in [2.45, 2.75) is 31.8 Å². The average Bonchev–Trinajstić information content (AvgIpc) is 3.16. The standard InChI is InChI=1S/C24H27NO5/c1-27-20-8-7-15-16-10-14-6-5-9-25(14,26)13-19(16)17-11-21(28-2)22(29-3)12-18(17)23(15)24(20)30-4/h7-8,11-12,14H,5-6,9-10,13H2,1-4H3. The Kier molecular flexibility index (Phi) is 4.45. The monoisotopic (exact) mass is 409 g/mol. The van der Waals surface area contributed by atoms with Crippen LogP contribution in [-0.2, 0) is 13.0 Å². The Bertz CT molecular complexity index is 1160. The highest BCUT2D eigenvalue weighted by molar-refractivity contribution is 6.15. The molecule has 0 aliphatic carbocycles. The van der Waals surface area contributed by atoms with Crippen molar-refractivity contribution in [3.63, 3.8) is 0 Å². The zero-order valence-corrected chi connectivity index (χ0v) is 17.9. The van der Waals surface area contributed by atoms with Crippen molar-refractivity contribution in [2.24, 2.45) is 0 Å². The van der Waals surface area contributed by atoms with Crippen molar-refractivity contribution in [3.05, 3.63) is 40.6 Å². The smallest absolute Gasteiger partial charge is 0.169 e. The van der Waals surface area contributed by atoms with Gasteiger partial charge in [0.05, 0.1) is 41.0 Å². The van der Waals surface area contributed by atoms with Crippen LogP contribution in [0.5, 0.6) is 23.0 Å². The maximum absolute atomic E-state index is 13.6. The Hall–Kier alpha value is -2.70. The topological polar surface area (TPSA) is 60.0 Å². The molecule has 0 saturated carbocycles. The molecule has 6 heteroatoms. The molecule has 2 heterocycles. The van der Waals surface area contributed by atoms with E-state index in [1.165, 1.54) is 5.56 Å². The summed E-state index contributed by atoms with van der Waals surface area (Å²) in [4.78, 5) is 0. The van der Waals surface area contributed by atoms with Gasteiger partial charge in [-0.3, -0.25) is 0 Å². The summed E-state index contributed by atoms with van der Waals surface area (Å²) in [5.41, 5.74) is 2.38. The zero-order valence-electron chi connectivity index (χ0n) is 17.9. The fourth-order valence-corrected chi connectivity index (χ4v) is 5.51. The van der Waals surface area contributed by atoms with Gasteiger partial charge in [0.15, 0.2) is 23.0 Å². The molecule has 1 saturated heterocycles. The second-order valence-electron chi connectivity index (χ2n) is 8.27. The van der Waals surface area contributed by atoms with Gasteiger partial charge < -0.3 is 28.8 Å². The van der Waals surface area contributed by atoms with Crippen LogP contribution in [0.15, 0.2) is 24.3 Å². The Morgan fingerprint density at radius 1 is 0.833 bits per heavy atom. The molecule has 3 aromatic rings. The Balaban J connectivity index is 1.95. The largest absolute Gasteiger partial charge is 0.632 e. The van der Waals surface area contributed by atoms with Crippen LogP contribution in [0.4, 0.5) is 0 Å². The summed E-state index contributed by atoms with van der Waals surface area (Å²) in [7, 11) is 6.59. The molecule has 6 nitrogen and oxygen atoms in total. The number of methoxy groups -OCH3 is 4. The van der Waals surface area contributed by atoms with Gasteiger partial charge in [0.25, 0.3) is 0 Å². The molecule has 30 heavy (non-hydrogen) atoms. The highest BCUT2D eigenvalue weighted by Crippen LogP contribution is 2.49. The van der Waals surface area contributed by atoms with E-state index in [0.29, 0.717) is 36.1 Å². The van der Waals surface area contributed by atoms with Gasteiger partial charge in [0, 0.05) is 30.2 Å². The number of rotatable bonds is 4. The van der Waals surface area contributed by atoms with Crippen molar-refractivity contribution in [2.75, 3.05) is 35.0 Å². The van der Waals surface area contributed by atoms with E-state index >= 15 is 0 Å². The van der Waals surface area contributed by atoms with Crippen LogP contribution >= 0.6 is 0 Å². The maximum Gasteiger partial charge on any atom is 0.169 e. The maximum atomic E-state index is 13.6. The number of benzene rings is 3. The third kappa shape index (κ3) is 2.57. The quantitative estimate of drug-likeness (QED) is 0.359. The molecule has 2 atom stereocenters. The first-order valence-corrected chi connectivity index (χ1v) is 10.4. The molecule has 0 spiro atoms. The van der Waals surface area contributed by atoms with E-state index in [2.05, 4.69) is 6.07 Å². The number of hydrogen-bond acceptors (Lipinski definition) is 5. The fraction of sp³-hybridized carbons (Fsp3) is 0.417. The third-order valence-electron chi connectivity index (χ3n) is 6.96. The summed E-state index contributed by atoms with van der Waals surface area (Å²) in [6.07, 6.45) is 2.77. The molecular formula is C24H27NO5. The number of hydrogen-bond donors (Lipinski definition) is 0. The van der Waals surface area contributed by atoms with Crippen LogP contribution in [0, 0.1) is 5.21 Å². The van der Waals surface area contributed by atoms with Gasteiger partial charge in [0.2, 0.25) is 0 Å². The summed E-state index contributed by atoms with van der Waals surface area (Å²) in [6, 6.07) is 8.19. The summed E-state index contributed by atoms with van der Waals surface area (Å²) in [6.45, 7) is 1.19. The minimum absolute atomic E-state index is 0.116. The lowest BCUT2D eigenvalue weighted by atomic mass is 9.84. The van der Waals surface area contributed by atoms with E-state index in [0.717, 1.165) is 46.4 Å². The van der Waals surface area contributed by atoms with E-state index in [9.17, 15) is 5.21 Å².